The van der Waals surface area contributed by atoms with E-state index in [0.29, 0.717) is 24.9 Å². The molecule has 0 unspecified atom stereocenters. The first-order valence-electron chi connectivity index (χ1n) is 15.0. The van der Waals surface area contributed by atoms with Crippen LogP contribution in [0, 0.1) is 0 Å². The number of rotatable bonds is 20. The lowest BCUT2D eigenvalue weighted by Crippen LogP contribution is -2.69. The van der Waals surface area contributed by atoms with Crippen molar-refractivity contribution < 1.29 is 34.2 Å². The summed E-state index contributed by atoms with van der Waals surface area (Å²) >= 11 is 0. The normalized spacial score (nSPS) is 15.5. The Balaban J connectivity index is 6.80. The van der Waals surface area contributed by atoms with E-state index in [1.165, 1.54) is 0 Å². The van der Waals surface area contributed by atoms with Gasteiger partial charge >= 0.3 is 9.05 Å². The van der Waals surface area contributed by atoms with E-state index in [-0.39, 0.29) is 0 Å². The number of hydrogen-bond acceptors (Lipinski definition) is 8. The first-order valence-corrected chi connectivity index (χ1v) is 42.7. The molecule has 0 aliphatic heterocycles. The minimum absolute atomic E-state index is 0.571. The highest BCUT2D eigenvalue weighted by molar-refractivity contribution is 6.92. The second kappa shape index (κ2) is 15.0. The van der Waals surface area contributed by atoms with Crippen LogP contribution in [0.5, 0.6) is 0 Å². The molecule has 0 amide bonds. The third-order valence-corrected chi connectivity index (χ3v) is 26.4. The summed E-state index contributed by atoms with van der Waals surface area (Å²) in [6, 6.07) is 0. The van der Waals surface area contributed by atoms with Gasteiger partial charge in [-0.3, -0.25) is 0 Å². The van der Waals surface area contributed by atoms with Gasteiger partial charge in [0.15, 0.2) is 33.3 Å². The second-order valence-electron chi connectivity index (χ2n) is 17.6. The average molecular weight is 738 g/mol. The van der Waals surface area contributed by atoms with Crippen LogP contribution < -0.4 is 0 Å². The summed E-state index contributed by atoms with van der Waals surface area (Å²) in [5.41, 5.74) is 0. The smallest absolute Gasteiger partial charge is 0.418 e. The Hall–Kier alpha value is 1.63. The molecule has 0 aromatic rings. The molecule has 0 aliphatic rings. The molecule has 8 nitrogen and oxygen atoms in total. The molecule has 0 aromatic heterocycles. The Bertz CT molecular complexity index is 665. The quantitative estimate of drug-likeness (QED) is 0.117. The molecule has 0 N–H and O–H groups in total. The van der Waals surface area contributed by atoms with E-state index in [2.05, 4.69) is 131 Å². The molecule has 0 aliphatic carbocycles. The molecule has 0 saturated heterocycles. The largest absolute Gasteiger partial charge is 0.637 e. The van der Waals surface area contributed by atoms with Crippen molar-refractivity contribution in [2.45, 2.75) is 131 Å². The first-order chi connectivity index (χ1) is 17.7. The molecule has 0 radical (unpaired) electrons. The predicted molar refractivity (Wildman–Crippen MR) is 197 cm³/mol. The molecular formula is C24H68O8Si9. The standard InChI is InChI=1S/C24H68O8Si9/c1-33(2,3)25-21-37(13,14)29-41(30-38(15,16)22-26-34(4,5)6,31-39(17,18)23-27-35(7,8)9)32-40(19,20)24-28-36(10,11)12/h21-24H2,1-20H3. The van der Waals surface area contributed by atoms with Crippen molar-refractivity contribution in [3.63, 3.8) is 0 Å². The van der Waals surface area contributed by atoms with E-state index in [4.69, 9.17) is 34.2 Å². The third-order valence-electron chi connectivity index (χ3n) is 5.02. The molecule has 0 saturated carbocycles. The van der Waals surface area contributed by atoms with Crippen molar-refractivity contribution in [2.24, 2.45) is 0 Å². The van der Waals surface area contributed by atoms with Gasteiger partial charge in [0.1, 0.15) is 0 Å². The Morgan fingerprint density at radius 2 is 0.415 bits per heavy atom. The molecule has 248 valence electrons. The highest BCUT2D eigenvalue weighted by atomic mass is 28.5. The van der Waals surface area contributed by atoms with Gasteiger partial charge in [0, 0.05) is 0 Å². The molecule has 41 heavy (non-hydrogen) atoms. The van der Waals surface area contributed by atoms with Crippen LogP contribution in [0.2, 0.25) is 131 Å². The van der Waals surface area contributed by atoms with E-state index in [1.807, 2.05) is 0 Å². The summed E-state index contributed by atoms with van der Waals surface area (Å²) in [4.78, 5) is 0. The second-order valence-corrected chi connectivity index (χ2v) is 55.1. The lowest BCUT2D eigenvalue weighted by Gasteiger charge is -2.46. The summed E-state index contributed by atoms with van der Waals surface area (Å²) in [5.74, 6) is 0. The topological polar surface area (TPSA) is 73.8 Å². The zero-order valence-electron chi connectivity index (χ0n) is 30.6. The average Bonchev–Trinajstić information content (AvgIpc) is 2.65. The van der Waals surface area contributed by atoms with Crippen LogP contribution in [-0.2, 0) is 34.2 Å². The highest BCUT2D eigenvalue weighted by Crippen LogP contribution is 2.31. The van der Waals surface area contributed by atoms with Crippen LogP contribution >= 0.6 is 0 Å². The minimum atomic E-state index is -3.73. The van der Waals surface area contributed by atoms with Crippen LogP contribution in [0.3, 0.4) is 0 Å². The molecule has 17 heteroatoms. The highest BCUT2D eigenvalue weighted by Gasteiger charge is 2.59. The molecule has 0 bridgehead atoms. The molecule has 0 heterocycles. The van der Waals surface area contributed by atoms with E-state index in [0.717, 1.165) is 0 Å². The maximum atomic E-state index is 7.20. The molecule has 0 rings (SSSR count). The Labute approximate surface area is 264 Å². The van der Waals surface area contributed by atoms with Gasteiger partial charge in [-0.05, 0) is 131 Å². The van der Waals surface area contributed by atoms with Crippen molar-refractivity contribution in [1.29, 1.82) is 0 Å². The maximum Gasteiger partial charge on any atom is 0.637 e. The van der Waals surface area contributed by atoms with E-state index >= 15 is 0 Å². The lowest BCUT2D eigenvalue weighted by atomic mass is 11.7. The van der Waals surface area contributed by atoms with Gasteiger partial charge in [-0.1, -0.05) is 0 Å². The van der Waals surface area contributed by atoms with Gasteiger partial charge in [-0.25, -0.2) is 0 Å². The van der Waals surface area contributed by atoms with Crippen molar-refractivity contribution in [3.8, 4) is 0 Å². The van der Waals surface area contributed by atoms with Gasteiger partial charge in [0.25, 0.3) is 0 Å². The molecular weight excluding hydrogens is 669 g/mol. The van der Waals surface area contributed by atoms with Gasteiger partial charge < -0.3 is 34.2 Å². The Morgan fingerprint density at radius 3 is 0.537 bits per heavy atom. The Morgan fingerprint density at radius 1 is 0.268 bits per heavy atom. The summed E-state index contributed by atoms with van der Waals surface area (Å²) < 4.78 is 54.5. The maximum absolute atomic E-state index is 7.20. The minimum Gasteiger partial charge on any atom is -0.418 e. The van der Waals surface area contributed by atoms with Crippen LogP contribution in [0.1, 0.15) is 0 Å². The summed E-state index contributed by atoms with van der Waals surface area (Å²) in [5, 5.41) is 0. The molecule has 0 spiro atoms. The number of hydrogen-bond donors (Lipinski definition) is 0. The fraction of sp³-hybridized carbons (Fsp3) is 1.00. The van der Waals surface area contributed by atoms with Crippen molar-refractivity contribution in [2.75, 3.05) is 24.9 Å². The van der Waals surface area contributed by atoms with Gasteiger partial charge in [0.2, 0.25) is 33.3 Å². The summed E-state index contributed by atoms with van der Waals surface area (Å²) in [6.07, 6.45) is 2.28. The van der Waals surface area contributed by atoms with Crippen LogP contribution in [-0.4, -0.2) is 101 Å². The SMILES string of the molecule is C[Si](C)(C)OC[Si](C)(C)O[Si](O[Si](C)(C)CO[Si](C)(C)C)(O[Si](C)(C)CO[Si](C)(C)C)O[Si](C)(C)CO[Si](C)(C)C. The monoisotopic (exact) mass is 736 g/mol. The van der Waals surface area contributed by atoms with E-state index < -0.39 is 75.6 Å². The zero-order valence-corrected chi connectivity index (χ0v) is 39.6. The fourth-order valence-electron chi connectivity index (χ4n) is 3.16. The van der Waals surface area contributed by atoms with Gasteiger partial charge in [-0.15, -0.1) is 0 Å². The van der Waals surface area contributed by atoms with Gasteiger partial charge in [-0.2, -0.15) is 0 Å². The molecule has 0 fully saturated rings. The van der Waals surface area contributed by atoms with E-state index in [9.17, 15) is 0 Å². The first kappa shape index (κ1) is 42.6. The van der Waals surface area contributed by atoms with Gasteiger partial charge in [0.05, 0.1) is 24.9 Å². The predicted octanol–water partition coefficient (Wildman–Crippen LogP) is 7.87. The van der Waals surface area contributed by atoms with Crippen molar-refractivity contribution >= 4 is 75.6 Å². The van der Waals surface area contributed by atoms with Crippen LogP contribution in [0.15, 0.2) is 0 Å². The van der Waals surface area contributed by atoms with Crippen LogP contribution in [0.4, 0.5) is 0 Å². The molecule has 0 atom stereocenters. The van der Waals surface area contributed by atoms with Crippen molar-refractivity contribution in [3.05, 3.63) is 0 Å². The Kier molecular flexibility index (Phi) is 15.6. The van der Waals surface area contributed by atoms with Crippen molar-refractivity contribution in [1.82, 2.24) is 0 Å². The zero-order chi connectivity index (χ0) is 33.0. The van der Waals surface area contributed by atoms with E-state index in [1.54, 1.807) is 0 Å². The summed E-state index contributed by atoms with van der Waals surface area (Å²) in [6.45, 7) is 44.1. The molecule has 0 aromatic carbocycles. The summed E-state index contributed by atoms with van der Waals surface area (Å²) in [7, 11) is -20.6. The lowest BCUT2D eigenvalue weighted by molar-refractivity contribution is 0.130. The third kappa shape index (κ3) is 22.7. The van der Waals surface area contributed by atoms with Crippen LogP contribution in [0.25, 0.3) is 0 Å². The fourth-order valence-corrected chi connectivity index (χ4v) is 30.7.